The molecule has 0 unspecified atom stereocenters. The van der Waals surface area contributed by atoms with Gasteiger partial charge in [-0.3, -0.25) is 0 Å². The first-order chi connectivity index (χ1) is 6.74. The summed E-state index contributed by atoms with van der Waals surface area (Å²) in [6, 6.07) is 4.92. The molecular formula is C10H10FN3. The first kappa shape index (κ1) is 8.90. The van der Waals surface area contributed by atoms with Crippen molar-refractivity contribution in [2.45, 2.75) is 6.92 Å². The van der Waals surface area contributed by atoms with Gasteiger partial charge in [-0.1, -0.05) is 6.07 Å². The molecule has 3 nitrogen and oxygen atoms in total. The number of aryl methyl sites for hydroxylation is 1. The second-order valence-electron chi connectivity index (χ2n) is 3.09. The second-order valence-corrected chi connectivity index (χ2v) is 3.09. The molecule has 0 spiro atoms. The molecule has 1 heterocycles. The second kappa shape index (κ2) is 3.23. The fourth-order valence-electron chi connectivity index (χ4n) is 1.51. The monoisotopic (exact) mass is 191 g/mol. The van der Waals surface area contributed by atoms with E-state index < -0.39 is 0 Å². The third-order valence-corrected chi connectivity index (χ3v) is 2.23. The molecule has 4 heteroatoms. The molecule has 0 aliphatic carbocycles. The highest BCUT2D eigenvalue weighted by molar-refractivity contribution is 5.94. The highest BCUT2D eigenvalue weighted by Crippen LogP contribution is 2.25. The molecule has 2 aromatic rings. The van der Waals surface area contributed by atoms with Crippen LogP contribution >= 0.6 is 0 Å². The van der Waals surface area contributed by atoms with Gasteiger partial charge in [-0.15, -0.1) is 0 Å². The van der Waals surface area contributed by atoms with Crippen LogP contribution in [-0.2, 0) is 0 Å². The Kier molecular flexibility index (Phi) is 2.05. The van der Waals surface area contributed by atoms with Gasteiger partial charge in [0, 0.05) is 6.20 Å². The Morgan fingerprint density at radius 3 is 2.86 bits per heavy atom. The van der Waals surface area contributed by atoms with Gasteiger partial charge < -0.3 is 5.43 Å². The lowest BCUT2D eigenvalue weighted by molar-refractivity contribution is 0.639. The number of pyridine rings is 1. The molecule has 0 saturated heterocycles. The first-order valence-corrected chi connectivity index (χ1v) is 4.24. The van der Waals surface area contributed by atoms with Gasteiger partial charge in [-0.2, -0.15) is 0 Å². The van der Waals surface area contributed by atoms with Crippen molar-refractivity contribution in [2.75, 3.05) is 5.43 Å². The zero-order valence-electron chi connectivity index (χ0n) is 7.71. The average molecular weight is 191 g/mol. The van der Waals surface area contributed by atoms with Crippen molar-refractivity contribution >= 4 is 16.6 Å². The molecule has 0 bridgehead atoms. The smallest absolute Gasteiger partial charge is 0.150 e. The average Bonchev–Trinajstić information content (AvgIpc) is 2.23. The van der Waals surface area contributed by atoms with E-state index in [1.165, 1.54) is 6.07 Å². The maximum Gasteiger partial charge on any atom is 0.150 e. The molecule has 14 heavy (non-hydrogen) atoms. The largest absolute Gasteiger partial charge is 0.308 e. The summed E-state index contributed by atoms with van der Waals surface area (Å²) in [4.78, 5) is 3.95. The van der Waals surface area contributed by atoms with E-state index in [9.17, 15) is 4.39 Å². The third kappa shape index (κ3) is 1.20. The van der Waals surface area contributed by atoms with Crippen molar-refractivity contribution in [1.29, 1.82) is 0 Å². The van der Waals surface area contributed by atoms with Crippen LogP contribution in [-0.4, -0.2) is 4.98 Å². The zero-order valence-corrected chi connectivity index (χ0v) is 7.71. The fraction of sp³-hybridized carbons (Fsp3) is 0.100. The predicted molar refractivity (Wildman–Crippen MR) is 54.2 cm³/mol. The molecule has 3 N–H and O–H groups in total. The van der Waals surface area contributed by atoms with Crippen molar-refractivity contribution in [1.82, 2.24) is 4.98 Å². The molecule has 72 valence electrons. The summed E-state index contributed by atoms with van der Waals surface area (Å²) in [5, 5.41) is 1.27. The Bertz CT molecular complexity index is 482. The fourth-order valence-corrected chi connectivity index (χ4v) is 1.51. The summed E-state index contributed by atoms with van der Waals surface area (Å²) >= 11 is 0. The minimum Gasteiger partial charge on any atom is -0.308 e. The number of anilines is 1. The molecule has 1 aromatic heterocycles. The van der Waals surface area contributed by atoms with Crippen molar-refractivity contribution < 1.29 is 4.39 Å². The van der Waals surface area contributed by atoms with Crippen LogP contribution in [0.5, 0.6) is 0 Å². The normalized spacial score (nSPS) is 10.5. The zero-order chi connectivity index (χ0) is 10.1. The van der Waals surface area contributed by atoms with Crippen LogP contribution in [0.25, 0.3) is 10.8 Å². The molecule has 0 saturated carbocycles. The minimum atomic E-state index is -0.313. The maximum atomic E-state index is 13.5. The molecule has 0 aliphatic rings. The summed E-state index contributed by atoms with van der Waals surface area (Å²) in [6.45, 7) is 1.92. The first-order valence-electron chi connectivity index (χ1n) is 4.24. The predicted octanol–water partition coefficient (Wildman–Crippen LogP) is 1.97. The standard InChI is InChI=1S/C10H10FN3/c1-6-2-3-8(11)9-7(6)4-5-13-10(9)14-12/h2-5H,12H2,1H3,(H,13,14). The number of hydrogen-bond donors (Lipinski definition) is 2. The van der Waals surface area contributed by atoms with Gasteiger partial charge >= 0.3 is 0 Å². The summed E-state index contributed by atoms with van der Waals surface area (Å²) in [5.41, 5.74) is 3.39. The van der Waals surface area contributed by atoms with Crippen LogP contribution in [0, 0.1) is 12.7 Å². The number of nitrogens with zero attached hydrogens (tertiary/aromatic N) is 1. The number of nitrogens with one attached hydrogen (secondary N) is 1. The highest BCUT2D eigenvalue weighted by Gasteiger charge is 2.07. The Hall–Kier alpha value is -1.68. The molecule has 0 fully saturated rings. The lowest BCUT2D eigenvalue weighted by atomic mass is 10.1. The quantitative estimate of drug-likeness (QED) is 0.535. The topological polar surface area (TPSA) is 50.9 Å². The van der Waals surface area contributed by atoms with E-state index >= 15 is 0 Å². The van der Waals surface area contributed by atoms with E-state index in [0.717, 1.165) is 10.9 Å². The van der Waals surface area contributed by atoms with Crippen LogP contribution in [0.15, 0.2) is 24.4 Å². The molecular weight excluding hydrogens is 181 g/mol. The Labute approximate surface area is 80.7 Å². The number of hydrazine groups is 1. The van der Waals surface area contributed by atoms with Crippen LogP contribution < -0.4 is 11.3 Å². The number of nitrogen functional groups attached to an aromatic ring is 1. The lowest BCUT2D eigenvalue weighted by Gasteiger charge is -2.07. The van der Waals surface area contributed by atoms with Gasteiger partial charge in [0.1, 0.15) is 5.82 Å². The Balaban J connectivity index is 2.92. The number of benzene rings is 1. The lowest BCUT2D eigenvalue weighted by Crippen LogP contribution is -2.09. The van der Waals surface area contributed by atoms with E-state index in [0.29, 0.717) is 11.2 Å². The van der Waals surface area contributed by atoms with Gasteiger partial charge in [0.2, 0.25) is 0 Å². The maximum absolute atomic E-state index is 13.5. The van der Waals surface area contributed by atoms with Crippen LogP contribution in [0.2, 0.25) is 0 Å². The van der Waals surface area contributed by atoms with E-state index in [1.54, 1.807) is 18.3 Å². The van der Waals surface area contributed by atoms with Gasteiger partial charge in [0.05, 0.1) is 5.39 Å². The number of nitrogens with two attached hydrogens (primary N) is 1. The summed E-state index contributed by atoms with van der Waals surface area (Å²) in [5.74, 6) is 5.31. The third-order valence-electron chi connectivity index (χ3n) is 2.23. The van der Waals surface area contributed by atoms with Gasteiger partial charge in [0.25, 0.3) is 0 Å². The number of hydrogen-bond acceptors (Lipinski definition) is 3. The van der Waals surface area contributed by atoms with Gasteiger partial charge in [0.15, 0.2) is 5.82 Å². The number of halogens is 1. The molecule has 0 radical (unpaired) electrons. The molecule has 0 atom stereocenters. The van der Waals surface area contributed by atoms with Crippen molar-refractivity contribution in [3.63, 3.8) is 0 Å². The Morgan fingerprint density at radius 2 is 2.14 bits per heavy atom. The van der Waals surface area contributed by atoms with Crippen molar-refractivity contribution in [3.05, 3.63) is 35.8 Å². The SMILES string of the molecule is Cc1ccc(F)c2c(NN)nccc12. The van der Waals surface area contributed by atoms with Crippen LogP contribution in [0.4, 0.5) is 10.2 Å². The molecule has 1 aromatic carbocycles. The van der Waals surface area contributed by atoms with Gasteiger partial charge in [-0.05, 0) is 30.0 Å². The molecule has 2 rings (SSSR count). The summed E-state index contributed by atoms with van der Waals surface area (Å²) in [6.07, 6.45) is 1.60. The van der Waals surface area contributed by atoms with Crippen molar-refractivity contribution in [2.24, 2.45) is 5.84 Å². The summed E-state index contributed by atoms with van der Waals surface area (Å²) in [7, 11) is 0. The summed E-state index contributed by atoms with van der Waals surface area (Å²) < 4.78 is 13.5. The molecule has 0 aliphatic heterocycles. The number of aromatic nitrogens is 1. The Morgan fingerprint density at radius 1 is 1.36 bits per heavy atom. The van der Waals surface area contributed by atoms with Crippen LogP contribution in [0.1, 0.15) is 5.56 Å². The number of rotatable bonds is 1. The van der Waals surface area contributed by atoms with E-state index in [2.05, 4.69) is 10.4 Å². The molecule has 0 amide bonds. The van der Waals surface area contributed by atoms with E-state index in [4.69, 9.17) is 5.84 Å². The van der Waals surface area contributed by atoms with E-state index in [1.807, 2.05) is 6.92 Å². The van der Waals surface area contributed by atoms with E-state index in [-0.39, 0.29) is 5.82 Å². The highest BCUT2D eigenvalue weighted by atomic mass is 19.1. The van der Waals surface area contributed by atoms with Crippen molar-refractivity contribution in [3.8, 4) is 0 Å². The van der Waals surface area contributed by atoms with Gasteiger partial charge in [-0.25, -0.2) is 15.2 Å². The number of fused-ring (bicyclic) bond motifs is 1. The van der Waals surface area contributed by atoms with Crippen LogP contribution in [0.3, 0.4) is 0 Å². The minimum absolute atomic E-state index is 0.313.